The van der Waals surface area contributed by atoms with Gasteiger partial charge in [-0.2, -0.15) is 12.7 Å². The number of carboxylic acid groups (broad SMARTS) is 1. The number of rotatable bonds is 6. The summed E-state index contributed by atoms with van der Waals surface area (Å²) in [4.78, 5) is 13.5. The first-order valence-electron chi connectivity index (χ1n) is 13.9. The molecule has 0 saturated carbocycles. The van der Waals surface area contributed by atoms with Crippen molar-refractivity contribution >= 4 is 31.8 Å². The Hall–Kier alpha value is -3.66. The molecule has 5 rings (SSSR count). The van der Waals surface area contributed by atoms with Crippen LogP contribution in [0.2, 0.25) is 0 Å². The molecule has 1 fully saturated rings. The quantitative estimate of drug-likeness (QED) is 0.350. The fourth-order valence-electron chi connectivity index (χ4n) is 5.71. The van der Waals surface area contributed by atoms with Crippen molar-refractivity contribution in [2.45, 2.75) is 61.8 Å². The van der Waals surface area contributed by atoms with Crippen molar-refractivity contribution in [3.8, 4) is 5.75 Å². The van der Waals surface area contributed by atoms with Crippen LogP contribution in [0.5, 0.6) is 5.75 Å². The molecule has 1 aliphatic heterocycles. The zero-order valence-corrected chi connectivity index (χ0v) is 26.2. The van der Waals surface area contributed by atoms with Crippen LogP contribution in [-0.4, -0.2) is 68.3 Å². The Labute approximate surface area is 259 Å². The lowest BCUT2D eigenvalue weighted by Crippen LogP contribution is -2.58. The van der Waals surface area contributed by atoms with E-state index in [1.165, 1.54) is 46.8 Å². The summed E-state index contributed by atoms with van der Waals surface area (Å²) in [6.45, 7) is 6.09. The lowest BCUT2D eigenvalue weighted by Gasteiger charge is -2.44. The molecule has 244 valence electrons. The molecule has 3 aromatic carbocycles. The summed E-state index contributed by atoms with van der Waals surface area (Å²) in [5.41, 5.74) is 2.93. The van der Waals surface area contributed by atoms with Crippen LogP contribution in [0.15, 0.2) is 76.5 Å². The van der Waals surface area contributed by atoms with Crippen molar-refractivity contribution in [2.24, 2.45) is 5.92 Å². The number of carboxylic acids is 1. The molecule has 1 heterocycles. The van der Waals surface area contributed by atoms with E-state index in [4.69, 9.17) is 4.55 Å². The highest BCUT2D eigenvalue weighted by Gasteiger charge is 2.41. The van der Waals surface area contributed by atoms with Crippen molar-refractivity contribution in [1.29, 1.82) is 0 Å². The largest absolute Gasteiger partial charge is 0.573 e. The van der Waals surface area contributed by atoms with Crippen LogP contribution in [0.3, 0.4) is 0 Å². The van der Waals surface area contributed by atoms with Gasteiger partial charge >= 0.3 is 12.3 Å². The maximum atomic E-state index is 13.7. The summed E-state index contributed by atoms with van der Waals surface area (Å²) in [7, 11) is -7.92. The molecule has 0 spiro atoms. The maximum absolute atomic E-state index is 13.7. The van der Waals surface area contributed by atoms with Gasteiger partial charge in [-0.25, -0.2) is 8.42 Å². The number of halogens is 3. The van der Waals surface area contributed by atoms with Crippen molar-refractivity contribution in [1.82, 2.24) is 4.31 Å². The predicted molar refractivity (Wildman–Crippen MR) is 159 cm³/mol. The first kappa shape index (κ1) is 34.2. The number of aryl methyl sites for hydroxylation is 1. The van der Waals surface area contributed by atoms with Gasteiger partial charge in [0.2, 0.25) is 10.0 Å². The number of piperazine rings is 1. The van der Waals surface area contributed by atoms with E-state index in [1.807, 2.05) is 11.8 Å². The van der Waals surface area contributed by atoms with Crippen LogP contribution in [0, 0.1) is 12.8 Å². The molecular formula is C30H33F3N2O8S2. The molecule has 0 amide bonds. The van der Waals surface area contributed by atoms with E-state index in [0.29, 0.717) is 30.8 Å². The first-order chi connectivity index (χ1) is 20.9. The minimum absolute atomic E-state index is 0.0666. The average Bonchev–Trinajstić information content (AvgIpc) is 3.37. The van der Waals surface area contributed by atoms with E-state index in [2.05, 4.69) is 4.74 Å². The molecule has 10 nitrogen and oxygen atoms in total. The molecular weight excluding hydrogens is 637 g/mol. The summed E-state index contributed by atoms with van der Waals surface area (Å²) in [5.74, 6) is -1.90. The second-order valence-corrected chi connectivity index (χ2v) is 14.3. The normalized spacial score (nSPS) is 20.6. The standard InChI is InChI=1S/C23H25F3N2O5S.C7H8O3S/c1-14-12-27(18-6-8-19(9-7-18)33-23(24,25)26)13-15(2)28(14)34(31,32)21-5-3-4-16-10-17(22(29)30)11-20(16)21;1-6-2-4-7(5-3-6)11(8,9)10/h3-9,14-15,17H,10-13H2,1-2H3,(H,29,30);2-5H,1H3,(H,8,9,10). The van der Waals surface area contributed by atoms with E-state index in [0.717, 1.165) is 11.1 Å². The second kappa shape index (κ2) is 13.0. The van der Waals surface area contributed by atoms with Crippen molar-refractivity contribution in [2.75, 3.05) is 18.0 Å². The number of hydrogen-bond donors (Lipinski definition) is 2. The zero-order chi connectivity index (χ0) is 33.3. The Morgan fingerprint density at radius 3 is 1.98 bits per heavy atom. The molecule has 3 unspecified atom stereocenters. The van der Waals surface area contributed by atoms with E-state index in [9.17, 15) is 39.9 Å². The van der Waals surface area contributed by atoms with Gasteiger partial charge in [0.1, 0.15) is 5.75 Å². The Bertz CT molecular complexity index is 1740. The minimum Gasteiger partial charge on any atom is -0.481 e. The Morgan fingerprint density at radius 2 is 1.47 bits per heavy atom. The van der Waals surface area contributed by atoms with Crippen molar-refractivity contribution in [3.63, 3.8) is 0 Å². The fourth-order valence-corrected chi connectivity index (χ4v) is 8.27. The number of sulfonamides is 1. The monoisotopic (exact) mass is 670 g/mol. The highest BCUT2D eigenvalue weighted by Crippen LogP contribution is 2.36. The van der Waals surface area contributed by atoms with Crippen LogP contribution < -0.4 is 9.64 Å². The van der Waals surface area contributed by atoms with E-state index >= 15 is 0 Å². The first-order valence-corrected chi connectivity index (χ1v) is 16.8. The molecule has 0 bridgehead atoms. The Morgan fingerprint density at radius 1 is 0.889 bits per heavy atom. The number of nitrogens with zero attached hydrogens (tertiary/aromatic N) is 2. The highest BCUT2D eigenvalue weighted by atomic mass is 32.2. The summed E-state index contributed by atoms with van der Waals surface area (Å²) in [5, 5.41) is 9.39. The molecule has 45 heavy (non-hydrogen) atoms. The number of carbonyl (C=O) groups is 1. The van der Waals surface area contributed by atoms with E-state index in [1.54, 1.807) is 38.1 Å². The van der Waals surface area contributed by atoms with Crippen LogP contribution in [-0.2, 0) is 37.8 Å². The summed E-state index contributed by atoms with van der Waals surface area (Å²) in [6.07, 6.45) is -4.29. The van der Waals surface area contributed by atoms with Gasteiger partial charge in [-0.15, -0.1) is 13.2 Å². The molecule has 0 aromatic heterocycles. The number of aliphatic carboxylic acids is 1. The summed E-state index contributed by atoms with van der Waals surface area (Å²) < 4.78 is 99.6. The summed E-state index contributed by atoms with van der Waals surface area (Å²) >= 11 is 0. The van der Waals surface area contributed by atoms with Gasteiger partial charge in [0.15, 0.2) is 0 Å². The molecule has 3 aromatic rings. The number of fused-ring (bicyclic) bond motifs is 1. The SMILES string of the molecule is CC1CN(c2ccc(OC(F)(F)F)cc2)CC(C)N1S(=O)(=O)c1cccc2c1CC(C(=O)O)C2.Cc1ccc(S(=O)(=O)O)cc1. The van der Waals surface area contributed by atoms with Gasteiger partial charge in [0, 0.05) is 30.9 Å². The van der Waals surface area contributed by atoms with Crippen LogP contribution in [0.4, 0.5) is 18.9 Å². The number of alkyl halides is 3. The molecule has 3 atom stereocenters. The van der Waals surface area contributed by atoms with Gasteiger partial charge < -0.3 is 14.7 Å². The Kier molecular flexibility index (Phi) is 9.87. The summed E-state index contributed by atoms with van der Waals surface area (Å²) in [6, 6.07) is 15.6. The van der Waals surface area contributed by atoms with Gasteiger partial charge in [-0.3, -0.25) is 9.35 Å². The molecule has 2 aliphatic rings. The zero-order valence-electron chi connectivity index (χ0n) is 24.6. The predicted octanol–water partition coefficient (Wildman–Crippen LogP) is 4.91. The average molecular weight is 671 g/mol. The molecule has 1 saturated heterocycles. The smallest absolute Gasteiger partial charge is 0.481 e. The lowest BCUT2D eigenvalue weighted by atomic mass is 10.1. The fraction of sp³-hybridized carbons (Fsp3) is 0.367. The third kappa shape index (κ3) is 8.14. The van der Waals surface area contributed by atoms with Crippen molar-refractivity contribution < 1.29 is 49.2 Å². The van der Waals surface area contributed by atoms with Gasteiger partial charge in [0.05, 0.1) is 15.7 Å². The third-order valence-corrected chi connectivity index (χ3v) is 10.7. The van der Waals surface area contributed by atoms with Gasteiger partial charge in [-0.1, -0.05) is 29.8 Å². The van der Waals surface area contributed by atoms with Gasteiger partial charge in [0.25, 0.3) is 10.1 Å². The third-order valence-electron chi connectivity index (χ3n) is 7.64. The number of benzene rings is 3. The van der Waals surface area contributed by atoms with E-state index < -0.39 is 50.5 Å². The van der Waals surface area contributed by atoms with Gasteiger partial charge in [-0.05, 0) is 87.2 Å². The number of hydrogen-bond acceptors (Lipinski definition) is 7. The Balaban J connectivity index is 0.000000354. The molecule has 2 N–H and O–H groups in total. The number of ether oxygens (including phenoxy) is 1. The van der Waals surface area contributed by atoms with Crippen LogP contribution in [0.1, 0.15) is 30.5 Å². The lowest BCUT2D eigenvalue weighted by molar-refractivity contribution is -0.274. The molecule has 0 radical (unpaired) electrons. The highest BCUT2D eigenvalue weighted by molar-refractivity contribution is 7.89. The molecule has 1 aliphatic carbocycles. The minimum atomic E-state index is -4.77. The van der Waals surface area contributed by atoms with Crippen molar-refractivity contribution in [3.05, 3.63) is 83.4 Å². The number of anilines is 1. The topological polar surface area (TPSA) is 142 Å². The second-order valence-electron chi connectivity index (χ2n) is 11.1. The van der Waals surface area contributed by atoms with Crippen LogP contribution >= 0.6 is 0 Å². The van der Waals surface area contributed by atoms with Crippen LogP contribution in [0.25, 0.3) is 0 Å². The molecule has 15 heteroatoms. The van der Waals surface area contributed by atoms with E-state index in [-0.39, 0.29) is 22.0 Å². The maximum Gasteiger partial charge on any atom is 0.573 e.